The van der Waals surface area contributed by atoms with E-state index in [4.69, 9.17) is 0 Å². The Morgan fingerprint density at radius 3 is 2.20 bits per heavy atom. The van der Waals surface area contributed by atoms with Gasteiger partial charge in [0.2, 0.25) is 0 Å². The minimum absolute atomic E-state index is 0.237. The van der Waals surface area contributed by atoms with Gasteiger partial charge < -0.3 is 5.11 Å². The molecular formula is C8H17NO. The largest absolute Gasteiger partial charge is 0.384 e. The minimum atomic E-state index is -0.700. The topological polar surface area (TPSA) is 32.6 Å². The fraction of sp³-hybridized carbons (Fsp3) is 0.875. The van der Waals surface area contributed by atoms with Gasteiger partial charge in [-0.3, -0.25) is 4.99 Å². The second kappa shape index (κ2) is 3.71. The van der Waals surface area contributed by atoms with Crippen LogP contribution < -0.4 is 0 Å². The number of hydrogen-bond donors (Lipinski definition) is 1. The Hall–Kier alpha value is -0.370. The quantitative estimate of drug-likeness (QED) is 0.596. The van der Waals surface area contributed by atoms with Crippen LogP contribution in [-0.2, 0) is 0 Å². The fourth-order valence-electron chi connectivity index (χ4n) is 0.872. The van der Waals surface area contributed by atoms with E-state index in [2.05, 4.69) is 4.99 Å². The molecule has 2 heteroatoms. The fourth-order valence-corrected chi connectivity index (χ4v) is 0.872. The summed E-state index contributed by atoms with van der Waals surface area (Å²) in [7, 11) is 1.68. The van der Waals surface area contributed by atoms with Gasteiger partial charge in [0.05, 0.1) is 0 Å². The third-order valence-corrected chi connectivity index (χ3v) is 1.92. The lowest BCUT2D eigenvalue weighted by molar-refractivity contribution is 0.0647. The maximum absolute atomic E-state index is 9.75. The Labute approximate surface area is 63.0 Å². The van der Waals surface area contributed by atoms with Gasteiger partial charge in [0, 0.05) is 13.3 Å². The lowest BCUT2D eigenvalue weighted by Crippen LogP contribution is -2.35. The van der Waals surface area contributed by atoms with Crippen molar-refractivity contribution in [3.8, 4) is 0 Å². The highest BCUT2D eigenvalue weighted by molar-refractivity contribution is 5.68. The molecule has 1 N–H and O–H groups in total. The maximum Gasteiger partial charge on any atom is 0.101 e. The van der Waals surface area contributed by atoms with E-state index in [0.29, 0.717) is 0 Å². The van der Waals surface area contributed by atoms with Crippen molar-refractivity contribution >= 4 is 6.21 Å². The second-order valence-corrected chi connectivity index (χ2v) is 2.89. The molecule has 0 aromatic heterocycles. The molecule has 0 saturated heterocycles. The van der Waals surface area contributed by atoms with Crippen LogP contribution in [0.2, 0.25) is 0 Å². The Bertz CT molecular complexity index is 120. The minimum Gasteiger partial charge on any atom is -0.384 e. The van der Waals surface area contributed by atoms with Crippen LogP contribution in [0, 0.1) is 5.92 Å². The summed E-state index contributed by atoms with van der Waals surface area (Å²) in [6, 6.07) is 0. The average Bonchev–Trinajstić information content (AvgIpc) is 1.88. The molecule has 0 aliphatic heterocycles. The van der Waals surface area contributed by atoms with Crippen LogP contribution in [0.4, 0.5) is 0 Å². The van der Waals surface area contributed by atoms with Gasteiger partial charge in [-0.25, -0.2) is 0 Å². The Balaban J connectivity index is 4.22. The summed E-state index contributed by atoms with van der Waals surface area (Å²) in [6.07, 6.45) is 2.35. The summed E-state index contributed by atoms with van der Waals surface area (Å²) < 4.78 is 0. The van der Waals surface area contributed by atoms with Crippen LogP contribution in [0.3, 0.4) is 0 Å². The van der Waals surface area contributed by atoms with Gasteiger partial charge in [-0.15, -0.1) is 0 Å². The molecule has 0 aliphatic carbocycles. The van der Waals surface area contributed by atoms with Crippen LogP contribution in [-0.4, -0.2) is 24.0 Å². The van der Waals surface area contributed by atoms with Crippen molar-refractivity contribution in [3.05, 3.63) is 0 Å². The van der Waals surface area contributed by atoms with Crippen LogP contribution in [0.15, 0.2) is 4.99 Å². The van der Waals surface area contributed by atoms with Crippen molar-refractivity contribution in [1.29, 1.82) is 0 Å². The lowest BCUT2D eigenvalue weighted by Gasteiger charge is -2.25. The van der Waals surface area contributed by atoms with E-state index in [1.807, 2.05) is 20.8 Å². The van der Waals surface area contributed by atoms with Gasteiger partial charge in [0.15, 0.2) is 0 Å². The number of hydrogen-bond acceptors (Lipinski definition) is 2. The molecule has 0 fully saturated rings. The standard InChI is InChI=1S/C8H17NO/c1-5-8(10,6-9-4)7(2)3/h6-7,10H,5H2,1-4H3. The van der Waals surface area contributed by atoms with Crippen LogP contribution in [0.25, 0.3) is 0 Å². The molecule has 0 rings (SSSR count). The van der Waals surface area contributed by atoms with Crippen molar-refractivity contribution < 1.29 is 5.11 Å². The van der Waals surface area contributed by atoms with Crippen molar-refractivity contribution in [2.45, 2.75) is 32.8 Å². The van der Waals surface area contributed by atoms with Crippen molar-refractivity contribution in [1.82, 2.24) is 0 Å². The summed E-state index contributed by atoms with van der Waals surface area (Å²) in [4.78, 5) is 3.82. The van der Waals surface area contributed by atoms with Gasteiger partial charge in [-0.2, -0.15) is 0 Å². The smallest absolute Gasteiger partial charge is 0.101 e. The highest BCUT2D eigenvalue weighted by Gasteiger charge is 2.25. The molecule has 2 nitrogen and oxygen atoms in total. The molecule has 0 spiro atoms. The third-order valence-electron chi connectivity index (χ3n) is 1.92. The Morgan fingerprint density at radius 2 is 2.10 bits per heavy atom. The van der Waals surface area contributed by atoms with E-state index in [1.165, 1.54) is 0 Å². The molecule has 1 atom stereocenters. The van der Waals surface area contributed by atoms with Gasteiger partial charge >= 0.3 is 0 Å². The summed E-state index contributed by atoms with van der Waals surface area (Å²) in [5, 5.41) is 9.75. The van der Waals surface area contributed by atoms with Crippen LogP contribution in [0.5, 0.6) is 0 Å². The first-order valence-corrected chi connectivity index (χ1v) is 3.72. The summed E-state index contributed by atoms with van der Waals surface area (Å²) in [5.41, 5.74) is -0.700. The maximum atomic E-state index is 9.75. The monoisotopic (exact) mass is 143 g/mol. The van der Waals surface area contributed by atoms with E-state index >= 15 is 0 Å². The van der Waals surface area contributed by atoms with E-state index in [-0.39, 0.29) is 5.92 Å². The van der Waals surface area contributed by atoms with E-state index < -0.39 is 5.60 Å². The highest BCUT2D eigenvalue weighted by atomic mass is 16.3. The summed E-state index contributed by atoms with van der Waals surface area (Å²) in [5.74, 6) is 0.237. The molecule has 0 radical (unpaired) electrons. The zero-order valence-electron chi connectivity index (χ0n) is 7.26. The molecule has 0 aromatic rings. The SMILES string of the molecule is CCC(O)(C=NC)C(C)C. The number of aliphatic imine (C=N–C) groups is 1. The third kappa shape index (κ3) is 2.10. The normalized spacial score (nSPS) is 18.2. The predicted octanol–water partition coefficient (Wildman–Crippen LogP) is 1.48. The van der Waals surface area contributed by atoms with Gasteiger partial charge in [0.1, 0.15) is 5.60 Å². The van der Waals surface area contributed by atoms with Crippen LogP contribution >= 0.6 is 0 Å². The van der Waals surface area contributed by atoms with Gasteiger partial charge in [0.25, 0.3) is 0 Å². The molecule has 0 amide bonds. The Morgan fingerprint density at radius 1 is 1.60 bits per heavy atom. The van der Waals surface area contributed by atoms with Crippen molar-refractivity contribution in [3.63, 3.8) is 0 Å². The van der Waals surface area contributed by atoms with Crippen molar-refractivity contribution in [2.24, 2.45) is 10.9 Å². The molecule has 0 aliphatic rings. The van der Waals surface area contributed by atoms with E-state index in [1.54, 1.807) is 13.3 Å². The molecule has 0 bridgehead atoms. The number of nitrogens with zero attached hydrogens (tertiary/aromatic N) is 1. The number of aliphatic hydroxyl groups is 1. The molecule has 10 heavy (non-hydrogen) atoms. The van der Waals surface area contributed by atoms with Gasteiger partial charge in [-0.1, -0.05) is 20.8 Å². The second-order valence-electron chi connectivity index (χ2n) is 2.89. The first kappa shape index (κ1) is 9.63. The zero-order chi connectivity index (χ0) is 8.20. The molecular weight excluding hydrogens is 126 g/mol. The Kier molecular flexibility index (Phi) is 3.58. The molecule has 1 unspecified atom stereocenters. The van der Waals surface area contributed by atoms with Crippen LogP contribution in [0.1, 0.15) is 27.2 Å². The first-order valence-electron chi connectivity index (χ1n) is 3.72. The number of rotatable bonds is 3. The predicted molar refractivity (Wildman–Crippen MR) is 44.5 cm³/mol. The summed E-state index contributed by atoms with van der Waals surface area (Å²) >= 11 is 0. The molecule has 0 heterocycles. The first-order chi connectivity index (χ1) is 4.56. The summed E-state index contributed by atoms with van der Waals surface area (Å²) in [6.45, 7) is 5.94. The van der Waals surface area contributed by atoms with E-state index in [0.717, 1.165) is 6.42 Å². The average molecular weight is 143 g/mol. The zero-order valence-corrected chi connectivity index (χ0v) is 7.26. The van der Waals surface area contributed by atoms with Crippen molar-refractivity contribution in [2.75, 3.05) is 7.05 Å². The van der Waals surface area contributed by atoms with Gasteiger partial charge in [-0.05, 0) is 12.3 Å². The highest BCUT2D eigenvalue weighted by Crippen LogP contribution is 2.17. The lowest BCUT2D eigenvalue weighted by atomic mass is 9.89. The molecule has 60 valence electrons. The molecule has 0 aromatic carbocycles. The molecule has 0 saturated carbocycles. The van der Waals surface area contributed by atoms with E-state index in [9.17, 15) is 5.11 Å².